The fourth-order valence-electron chi connectivity index (χ4n) is 3.47. The average Bonchev–Trinajstić information content (AvgIpc) is 2.95. The molecule has 16 heavy (non-hydrogen) atoms. The van der Waals surface area contributed by atoms with Crippen molar-refractivity contribution in [3.05, 3.63) is 12.2 Å². The molecule has 2 bridgehead atoms. The Balaban J connectivity index is 1.67. The lowest BCUT2D eigenvalue weighted by atomic mass is 9.80. The van der Waals surface area contributed by atoms with Crippen LogP contribution in [-0.4, -0.2) is 24.8 Å². The lowest BCUT2D eigenvalue weighted by Gasteiger charge is -2.28. The van der Waals surface area contributed by atoms with Crippen LogP contribution in [0.1, 0.15) is 32.6 Å². The van der Waals surface area contributed by atoms with E-state index in [2.05, 4.69) is 6.58 Å². The molecule has 2 saturated carbocycles. The number of fused-ring (bicyclic) bond motifs is 2. The Labute approximate surface area is 95.8 Å². The minimum atomic E-state index is -0.232. The van der Waals surface area contributed by atoms with E-state index in [1.165, 1.54) is 19.3 Å². The first-order valence-corrected chi connectivity index (χ1v) is 6.09. The van der Waals surface area contributed by atoms with Crippen molar-refractivity contribution >= 4 is 5.97 Å². The second-order valence-electron chi connectivity index (χ2n) is 5.62. The average molecular weight is 222 g/mol. The lowest BCUT2D eigenvalue weighted by Crippen LogP contribution is -2.29. The van der Waals surface area contributed by atoms with Crippen molar-refractivity contribution in [2.45, 2.75) is 44.8 Å². The Morgan fingerprint density at radius 1 is 1.50 bits per heavy atom. The molecule has 3 rings (SSSR count). The molecule has 1 aliphatic heterocycles. The van der Waals surface area contributed by atoms with Gasteiger partial charge in [0.2, 0.25) is 0 Å². The molecule has 3 heteroatoms. The number of hydrogen-bond donors (Lipinski definition) is 0. The molecule has 1 saturated heterocycles. The molecule has 0 aromatic rings. The predicted octanol–water partition coefficient (Wildman–Crippen LogP) is 2.06. The van der Waals surface area contributed by atoms with Crippen molar-refractivity contribution in [2.24, 2.45) is 11.3 Å². The molecule has 3 nitrogen and oxygen atoms in total. The third-order valence-electron chi connectivity index (χ3n) is 4.44. The molecular weight excluding hydrogens is 204 g/mol. The van der Waals surface area contributed by atoms with Crippen molar-refractivity contribution in [3.63, 3.8) is 0 Å². The maximum atomic E-state index is 11.5. The molecule has 0 aromatic carbocycles. The smallest absolute Gasteiger partial charge is 0.333 e. The number of ether oxygens (including phenoxy) is 2. The molecule has 3 aliphatic rings. The first-order chi connectivity index (χ1) is 7.61. The maximum absolute atomic E-state index is 11.5. The van der Waals surface area contributed by atoms with E-state index in [1.54, 1.807) is 6.92 Å². The number of esters is 1. The van der Waals surface area contributed by atoms with E-state index in [-0.39, 0.29) is 12.1 Å². The first-order valence-electron chi connectivity index (χ1n) is 6.09. The Morgan fingerprint density at radius 2 is 2.25 bits per heavy atom. The largest absolute Gasteiger partial charge is 0.459 e. The van der Waals surface area contributed by atoms with Crippen LogP contribution in [0.15, 0.2) is 12.2 Å². The van der Waals surface area contributed by atoms with Gasteiger partial charge in [-0.1, -0.05) is 6.58 Å². The Hall–Kier alpha value is -0.830. The van der Waals surface area contributed by atoms with E-state index in [9.17, 15) is 4.79 Å². The van der Waals surface area contributed by atoms with Gasteiger partial charge in [0.25, 0.3) is 0 Å². The summed E-state index contributed by atoms with van der Waals surface area (Å²) in [5, 5.41) is 0. The molecule has 1 heterocycles. The zero-order valence-electron chi connectivity index (χ0n) is 9.70. The van der Waals surface area contributed by atoms with Gasteiger partial charge in [-0.3, -0.25) is 0 Å². The summed E-state index contributed by atoms with van der Waals surface area (Å²) in [6, 6.07) is 0. The number of epoxide rings is 1. The molecule has 0 N–H and O–H groups in total. The van der Waals surface area contributed by atoms with E-state index in [1.807, 2.05) is 0 Å². The van der Waals surface area contributed by atoms with Crippen molar-refractivity contribution in [1.29, 1.82) is 0 Å². The zero-order valence-corrected chi connectivity index (χ0v) is 9.70. The van der Waals surface area contributed by atoms with Crippen LogP contribution in [0.5, 0.6) is 0 Å². The monoisotopic (exact) mass is 222 g/mol. The highest BCUT2D eigenvalue weighted by molar-refractivity contribution is 5.87. The van der Waals surface area contributed by atoms with Gasteiger partial charge in [-0.2, -0.15) is 0 Å². The van der Waals surface area contributed by atoms with Crippen LogP contribution in [0.4, 0.5) is 0 Å². The topological polar surface area (TPSA) is 38.8 Å². The molecule has 4 atom stereocenters. The molecule has 0 radical (unpaired) electrons. The van der Waals surface area contributed by atoms with Gasteiger partial charge in [0.1, 0.15) is 6.10 Å². The zero-order chi connectivity index (χ0) is 11.3. The summed E-state index contributed by atoms with van der Waals surface area (Å²) in [4.78, 5) is 11.5. The second-order valence-corrected chi connectivity index (χ2v) is 5.62. The molecule has 3 fully saturated rings. The molecule has 88 valence electrons. The summed E-state index contributed by atoms with van der Waals surface area (Å²) in [6.07, 6.45) is 5.19. The Kier molecular flexibility index (Phi) is 2.15. The first kappa shape index (κ1) is 10.3. The highest BCUT2D eigenvalue weighted by Crippen LogP contribution is 2.60. The molecule has 0 amide bonds. The summed E-state index contributed by atoms with van der Waals surface area (Å²) in [7, 11) is 0. The van der Waals surface area contributed by atoms with E-state index in [4.69, 9.17) is 9.47 Å². The molecule has 0 spiro atoms. The summed E-state index contributed by atoms with van der Waals surface area (Å²) in [6.45, 7) is 6.24. The molecule has 2 aliphatic carbocycles. The summed E-state index contributed by atoms with van der Waals surface area (Å²) < 4.78 is 11.0. The van der Waals surface area contributed by atoms with Crippen molar-refractivity contribution in [3.8, 4) is 0 Å². The van der Waals surface area contributed by atoms with Gasteiger partial charge in [0.05, 0.1) is 12.7 Å². The minimum Gasteiger partial charge on any atom is -0.459 e. The fraction of sp³-hybridized carbons (Fsp3) is 0.769. The van der Waals surface area contributed by atoms with Gasteiger partial charge in [-0.25, -0.2) is 4.79 Å². The molecule has 4 unspecified atom stereocenters. The van der Waals surface area contributed by atoms with Gasteiger partial charge in [0.15, 0.2) is 0 Å². The van der Waals surface area contributed by atoms with Crippen molar-refractivity contribution in [2.75, 3.05) is 6.61 Å². The molecular formula is C13H18O3. The van der Waals surface area contributed by atoms with Crippen LogP contribution < -0.4 is 0 Å². The van der Waals surface area contributed by atoms with Crippen LogP contribution >= 0.6 is 0 Å². The van der Waals surface area contributed by atoms with Crippen LogP contribution in [0.3, 0.4) is 0 Å². The van der Waals surface area contributed by atoms with Crippen LogP contribution in [0.2, 0.25) is 0 Å². The lowest BCUT2D eigenvalue weighted by molar-refractivity contribution is -0.147. The van der Waals surface area contributed by atoms with Gasteiger partial charge in [0, 0.05) is 11.0 Å². The third kappa shape index (κ3) is 1.49. The molecule has 0 aromatic heterocycles. The predicted molar refractivity (Wildman–Crippen MR) is 58.8 cm³/mol. The highest BCUT2D eigenvalue weighted by atomic mass is 16.6. The quantitative estimate of drug-likeness (QED) is 0.417. The number of carbonyl (C=O) groups is 1. The number of carbonyl (C=O) groups excluding carboxylic acids is 1. The van der Waals surface area contributed by atoms with E-state index in [0.717, 1.165) is 13.0 Å². The van der Waals surface area contributed by atoms with E-state index >= 15 is 0 Å². The summed E-state index contributed by atoms with van der Waals surface area (Å²) >= 11 is 0. The van der Waals surface area contributed by atoms with E-state index in [0.29, 0.717) is 23.0 Å². The number of rotatable bonds is 3. The van der Waals surface area contributed by atoms with Gasteiger partial charge < -0.3 is 9.47 Å². The van der Waals surface area contributed by atoms with Crippen molar-refractivity contribution in [1.82, 2.24) is 0 Å². The van der Waals surface area contributed by atoms with Crippen LogP contribution in [0, 0.1) is 11.3 Å². The standard InChI is InChI=1S/C13H18O3/c1-8(2)12(14)16-10-6-13(11-7-15-11)4-3-9(10)5-13/h9-11H,1,3-7H2,2H3. The second kappa shape index (κ2) is 3.33. The summed E-state index contributed by atoms with van der Waals surface area (Å²) in [5.41, 5.74) is 0.838. The maximum Gasteiger partial charge on any atom is 0.333 e. The fourth-order valence-corrected chi connectivity index (χ4v) is 3.47. The van der Waals surface area contributed by atoms with Gasteiger partial charge >= 0.3 is 5.97 Å². The SMILES string of the molecule is C=C(C)C(=O)OC1CC2(C3CO3)CCC1C2. The number of hydrogen-bond acceptors (Lipinski definition) is 3. The highest BCUT2D eigenvalue weighted by Gasteiger charge is 2.59. The van der Waals surface area contributed by atoms with Crippen molar-refractivity contribution < 1.29 is 14.3 Å². The summed E-state index contributed by atoms with van der Waals surface area (Å²) in [5.74, 6) is 0.330. The van der Waals surface area contributed by atoms with Gasteiger partial charge in [-0.05, 0) is 38.5 Å². The van der Waals surface area contributed by atoms with Gasteiger partial charge in [-0.15, -0.1) is 0 Å². The van der Waals surface area contributed by atoms with Crippen LogP contribution in [0.25, 0.3) is 0 Å². The minimum absolute atomic E-state index is 0.113. The van der Waals surface area contributed by atoms with Crippen LogP contribution in [-0.2, 0) is 14.3 Å². The Bertz CT molecular complexity index is 345. The normalized spacial score (nSPS) is 44.4. The third-order valence-corrected chi connectivity index (χ3v) is 4.44. The Morgan fingerprint density at radius 3 is 2.88 bits per heavy atom. The van der Waals surface area contributed by atoms with E-state index < -0.39 is 0 Å².